The number of hydrogen-bond donors (Lipinski definition) is 0. The Morgan fingerprint density at radius 2 is 2.12 bits per heavy atom. The summed E-state index contributed by atoms with van der Waals surface area (Å²) in [6.45, 7) is 0. The van der Waals surface area contributed by atoms with Crippen molar-refractivity contribution in [3.8, 4) is 11.5 Å². The topological polar surface area (TPSA) is 73.8 Å². The molecule has 0 radical (unpaired) electrons. The highest BCUT2D eigenvalue weighted by Crippen LogP contribution is 2.35. The number of halogens is 3. The zero-order valence-corrected chi connectivity index (χ0v) is 8.39. The van der Waals surface area contributed by atoms with Crippen LogP contribution in [-0.4, -0.2) is 26.3 Å². The third kappa shape index (κ3) is 2.03. The van der Waals surface area contributed by atoms with Crippen LogP contribution >= 0.6 is 0 Å². The van der Waals surface area contributed by atoms with Gasteiger partial charge in [-0.15, -0.1) is 10.2 Å². The van der Waals surface area contributed by atoms with Crippen LogP contribution in [0, 0.1) is 0 Å². The van der Waals surface area contributed by atoms with Crippen LogP contribution < -0.4 is 0 Å². The molecule has 0 N–H and O–H groups in total. The molecule has 2 aromatic rings. The molecule has 6 nitrogen and oxygen atoms in total. The van der Waals surface area contributed by atoms with Gasteiger partial charge in [-0.25, -0.2) is 0 Å². The molecule has 0 saturated carbocycles. The lowest BCUT2D eigenvalue weighted by Gasteiger charge is -2.02. The molecular formula is C8H5F3N4O2. The maximum atomic E-state index is 12.6. The van der Waals surface area contributed by atoms with E-state index in [1.54, 1.807) is 0 Å². The van der Waals surface area contributed by atoms with Gasteiger partial charge in [0.05, 0.1) is 5.56 Å². The van der Waals surface area contributed by atoms with Gasteiger partial charge >= 0.3 is 6.18 Å². The summed E-state index contributed by atoms with van der Waals surface area (Å²) in [6.07, 6.45) is -3.29. The summed E-state index contributed by atoms with van der Waals surface area (Å²) in [5.74, 6) is -0.787. The predicted molar refractivity (Wildman–Crippen MR) is 46.9 cm³/mol. The molecule has 0 aromatic carbocycles. The molecule has 0 amide bonds. The van der Waals surface area contributed by atoms with Gasteiger partial charge in [-0.1, -0.05) is 0 Å². The zero-order valence-electron chi connectivity index (χ0n) is 8.39. The van der Waals surface area contributed by atoms with E-state index < -0.39 is 23.7 Å². The molecule has 0 aliphatic carbocycles. The van der Waals surface area contributed by atoms with Crippen molar-refractivity contribution in [2.24, 2.45) is 7.05 Å². The fourth-order valence-electron chi connectivity index (χ4n) is 1.25. The second-order valence-electron chi connectivity index (χ2n) is 3.13. The minimum Gasteiger partial charge on any atom is -0.414 e. The largest absolute Gasteiger partial charge is 0.435 e. The Labute approximate surface area is 92.1 Å². The van der Waals surface area contributed by atoms with E-state index in [2.05, 4.69) is 15.3 Å². The van der Waals surface area contributed by atoms with Crippen LogP contribution in [0.3, 0.4) is 0 Å². The quantitative estimate of drug-likeness (QED) is 0.746. The summed E-state index contributed by atoms with van der Waals surface area (Å²) in [7, 11) is 1.33. The summed E-state index contributed by atoms with van der Waals surface area (Å²) in [5.41, 5.74) is -1.50. The Balaban J connectivity index is 2.55. The Bertz CT molecular complexity index is 557. The number of nitrogens with zero attached hydrogens (tertiary/aromatic N) is 4. The Kier molecular flexibility index (Phi) is 2.45. The van der Waals surface area contributed by atoms with Crippen LogP contribution in [0.1, 0.15) is 16.4 Å². The van der Waals surface area contributed by atoms with E-state index in [1.165, 1.54) is 7.05 Å². The molecule has 2 aromatic heterocycles. The van der Waals surface area contributed by atoms with E-state index in [0.29, 0.717) is 0 Å². The van der Waals surface area contributed by atoms with Gasteiger partial charge in [0.25, 0.3) is 11.8 Å². The number of hydrogen-bond acceptors (Lipinski definition) is 5. The molecule has 0 aliphatic heterocycles. The van der Waals surface area contributed by atoms with Crippen molar-refractivity contribution in [3.63, 3.8) is 0 Å². The SMILES string of the molecule is Cn1cc(-c2nnc(C=O)o2)c(C(F)(F)F)n1. The average molecular weight is 246 g/mol. The van der Waals surface area contributed by atoms with Crippen molar-refractivity contribution in [2.45, 2.75) is 6.18 Å². The molecule has 2 heterocycles. The molecule has 0 aliphatic rings. The third-order valence-electron chi connectivity index (χ3n) is 1.87. The van der Waals surface area contributed by atoms with Crippen molar-refractivity contribution in [1.82, 2.24) is 20.0 Å². The first-order valence-corrected chi connectivity index (χ1v) is 4.31. The first kappa shape index (κ1) is 11.3. The highest BCUT2D eigenvalue weighted by atomic mass is 19.4. The van der Waals surface area contributed by atoms with Crippen LogP contribution in [0.2, 0.25) is 0 Å². The normalized spacial score (nSPS) is 11.8. The number of aromatic nitrogens is 4. The van der Waals surface area contributed by atoms with Gasteiger partial charge in [-0.05, 0) is 0 Å². The Morgan fingerprint density at radius 3 is 2.65 bits per heavy atom. The van der Waals surface area contributed by atoms with Crippen molar-refractivity contribution in [1.29, 1.82) is 0 Å². The molecule has 0 unspecified atom stereocenters. The van der Waals surface area contributed by atoms with Gasteiger partial charge in [0, 0.05) is 13.2 Å². The van der Waals surface area contributed by atoms with E-state index in [-0.39, 0.29) is 11.8 Å². The molecule has 0 saturated heterocycles. The van der Waals surface area contributed by atoms with Gasteiger partial charge in [-0.2, -0.15) is 18.3 Å². The van der Waals surface area contributed by atoms with Crippen molar-refractivity contribution < 1.29 is 22.4 Å². The van der Waals surface area contributed by atoms with Crippen molar-refractivity contribution >= 4 is 6.29 Å². The van der Waals surface area contributed by atoms with E-state index in [9.17, 15) is 18.0 Å². The Morgan fingerprint density at radius 1 is 1.41 bits per heavy atom. The van der Waals surface area contributed by atoms with Crippen molar-refractivity contribution in [2.75, 3.05) is 0 Å². The van der Waals surface area contributed by atoms with Gasteiger partial charge in [-0.3, -0.25) is 9.48 Å². The van der Waals surface area contributed by atoms with Crippen molar-refractivity contribution in [3.05, 3.63) is 17.8 Å². The highest BCUT2D eigenvalue weighted by molar-refractivity contribution is 5.68. The smallest absolute Gasteiger partial charge is 0.414 e. The molecule has 0 spiro atoms. The second-order valence-corrected chi connectivity index (χ2v) is 3.13. The number of aryl methyl sites for hydroxylation is 1. The lowest BCUT2D eigenvalue weighted by atomic mass is 10.2. The number of aldehydes is 1. The third-order valence-corrected chi connectivity index (χ3v) is 1.87. The predicted octanol–water partition coefficient (Wildman–Crippen LogP) is 1.30. The average Bonchev–Trinajstić information content (AvgIpc) is 2.81. The Hall–Kier alpha value is -2.19. The maximum Gasteiger partial charge on any atom is 0.435 e. The molecule has 9 heteroatoms. The van der Waals surface area contributed by atoms with Gasteiger partial charge in [0.15, 0.2) is 5.69 Å². The van der Waals surface area contributed by atoms with Crippen LogP contribution in [-0.2, 0) is 13.2 Å². The fraction of sp³-hybridized carbons (Fsp3) is 0.250. The number of alkyl halides is 3. The summed E-state index contributed by atoms with van der Waals surface area (Å²) in [4.78, 5) is 10.3. The monoisotopic (exact) mass is 246 g/mol. The highest BCUT2D eigenvalue weighted by Gasteiger charge is 2.38. The molecule has 2 rings (SSSR count). The van der Waals surface area contributed by atoms with Crippen LogP contribution in [0.4, 0.5) is 13.2 Å². The zero-order chi connectivity index (χ0) is 12.6. The number of carbonyl (C=O) groups is 1. The molecular weight excluding hydrogens is 241 g/mol. The fourth-order valence-corrected chi connectivity index (χ4v) is 1.25. The summed E-state index contributed by atoms with van der Waals surface area (Å²) in [6, 6.07) is 0. The summed E-state index contributed by atoms with van der Waals surface area (Å²) >= 11 is 0. The minimum absolute atomic E-state index is 0.250. The van der Waals surface area contributed by atoms with Crippen LogP contribution in [0.15, 0.2) is 10.6 Å². The maximum absolute atomic E-state index is 12.6. The summed E-state index contributed by atoms with van der Waals surface area (Å²) < 4.78 is 43.5. The van der Waals surface area contributed by atoms with Crippen LogP contribution in [0.5, 0.6) is 0 Å². The van der Waals surface area contributed by atoms with E-state index in [1.807, 2.05) is 0 Å². The lowest BCUT2D eigenvalue weighted by Crippen LogP contribution is -2.08. The standard InChI is InChI=1S/C8H5F3N4O2/c1-15-2-4(6(14-15)8(9,10)11)7-13-12-5(3-16)17-7/h2-3H,1H3. The van der Waals surface area contributed by atoms with E-state index in [4.69, 9.17) is 4.42 Å². The number of carbonyl (C=O) groups excluding carboxylic acids is 1. The first-order chi connectivity index (χ1) is 7.91. The molecule has 17 heavy (non-hydrogen) atoms. The van der Waals surface area contributed by atoms with Crippen LogP contribution in [0.25, 0.3) is 11.5 Å². The van der Waals surface area contributed by atoms with E-state index in [0.717, 1.165) is 10.9 Å². The summed E-state index contributed by atoms with van der Waals surface area (Å²) in [5, 5.41) is 9.87. The molecule has 0 bridgehead atoms. The molecule has 0 atom stereocenters. The van der Waals surface area contributed by atoms with Gasteiger partial charge in [0.1, 0.15) is 0 Å². The van der Waals surface area contributed by atoms with Gasteiger partial charge in [0.2, 0.25) is 6.29 Å². The van der Waals surface area contributed by atoms with E-state index >= 15 is 0 Å². The second kappa shape index (κ2) is 3.68. The first-order valence-electron chi connectivity index (χ1n) is 4.31. The van der Waals surface area contributed by atoms with Gasteiger partial charge < -0.3 is 4.42 Å². The minimum atomic E-state index is -4.63. The molecule has 0 fully saturated rings. The lowest BCUT2D eigenvalue weighted by molar-refractivity contribution is -0.141. The number of rotatable bonds is 2. The molecule has 90 valence electrons.